The Morgan fingerprint density at radius 1 is 0.276 bits per heavy atom. The molecule has 0 aliphatic carbocycles. The molecule has 0 saturated carbocycles. The Morgan fingerprint density at radius 3 is 1.05 bits per heavy atom. The SMILES string of the molecule is CC(C)c1ccccc1-c1ccccc1N(c1ccccc1)c1ccc2c3cc4c(cc3n3c5ccccc5c1c23)c1ccc(N(c2ccccc2)c2ccccc2-c2ccccc2C(C)C)c2c3ccccc3n4c12. The van der Waals surface area contributed by atoms with Gasteiger partial charge in [0.15, 0.2) is 0 Å². The lowest BCUT2D eigenvalue weighted by molar-refractivity contribution is 0.869. The lowest BCUT2D eigenvalue weighted by Crippen LogP contribution is -2.12. The third-order valence-electron chi connectivity index (χ3n) is 16.3. The Labute approximate surface area is 442 Å². The minimum Gasteiger partial charge on any atom is -0.309 e. The van der Waals surface area contributed by atoms with Gasteiger partial charge in [0.1, 0.15) is 0 Å². The number of fused-ring (bicyclic) bond motifs is 12. The van der Waals surface area contributed by atoms with E-state index in [0.29, 0.717) is 11.8 Å². The smallest absolute Gasteiger partial charge is 0.0641 e. The summed E-state index contributed by atoms with van der Waals surface area (Å²) < 4.78 is 5.12. The van der Waals surface area contributed by atoms with Crippen molar-refractivity contribution < 1.29 is 0 Å². The molecule has 4 heterocycles. The molecule has 0 radical (unpaired) electrons. The maximum absolute atomic E-state index is 2.56. The van der Waals surface area contributed by atoms with Gasteiger partial charge in [0.05, 0.1) is 55.8 Å². The molecule has 0 bridgehead atoms. The zero-order valence-electron chi connectivity index (χ0n) is 43.0. The van der Waals surface area contributed by atoms with E-state index >= 15 is 0 Å². The van der Waals surface area contributed by atoms with Crippen LogP contribution in [0.5, 0.6) is 0 Å². The van der Waals surface area contributed by atoms with E-state index in [1.807, 2.05) is 0 Å². The largest absolute Gasteiger partial charge is 0.309 e. The highest BCUT2D eigenvalue weighted by molar-refractivity contribution is 6.32. The molecule has 0 aliphatic rings. The van der Waals surface area contributed by atoms with Gasteiger partial charge >= 0.3 is 0 Å². The van der Waals surface area contributed by atoms with Crippen molar-refractivity contribution in [3.63, 3.8) is 0 Å². The molecule has 4 heteroatoms. The predicted molar refractivity (Wildman–Crippen MR) is 324 cm³/mol. The first-order valence-electron chi connectivity index (χ1n) is 26.8. The van der Waals surface area contributed by atoms with Gasteiger partial charge in [0, 0.05) is 65.6 Å². The summed E-state index contributed by atoms with van der Waals surface area (Å²) in [6.07, 6.45) is 0. The molecule has 0 unspecified atom stereocenters. The van der Waals surface area contributed by atoms with E-state index in [1.165, 1.54) is 110 Å². The molecule has 362 valence electrons. The fraction of sp³-hybridized carbons (Fsp3) is 0.0833. The van der Waals surface area contributed by atoms with E-state index < -0.39 is 0 Å². The van der Waals surface area contributed by atoms with Crippen LogP contribution in [0.4, 0.5) is 34.1 Å². The second-order valence-corrected chi connectivity index (χ2v) is 21.2. The van der Waals surface area contributed by atoms with Gasteiger partial charge in [-0.05, 0) is 107 Å². The third kappa shape index (κ3) is 6.37. The fourth-order valence-electron chi connectivity index (χ4n) is 13.1. The Bertz CT molecular complexity index is 4410. The van der Waals surface area contributed by atoms with Crippen LogP contribution in [0, 0.1) is 0 Å². The Hall–Kier alpha value is -9.38. The Balaban J connectivity index is 1.00. The third-order valence-corrected chi connectivity index (χ3v) is 16.3. The first-order valence-corrected chi connectivity index (χ1v) is 26.8. The summed E-state index contributed by atoms with van der Waals surface area (Å²) in [7, 11) is 0. The monoisotopic (exact) mass is 974 g/mol. The average molecular weight is 975 g/mol. The Kier molecular flexibility index (Phi) is 9.93. The summed E-state index contributed by atoms with van der Waals surface area (Å²) in [5.41, 5.74) is 21.8. The molecule has 0 N–H and O–H groups in total. The maximum atomic E-state index is 2.56. The van der Waals surface area contributed by atoms with E-state index in [0.717, 1.165) is 34.1 Å². The van der Waals surface area contributed by atoms with Crippen molar-refractivity contribution in [3.05, 3.63) is 254 Å². The van der Waals surface area contributed by atoms with Crippen LogP contribution in [0.25, 0.3) is 98.4 Å². The van der Waals surface area contributed by atoms with Gasteiger partial charge in [-0.2, -0.15) is 0 Å². The predicted octanol–water partition coefficient (Wildman–Crippen LogP) is 20.5. The van der Waals surface area contributed by atoms with E-state index in [9.17, 15) is 0 Å². The van der Waals surface area contributed by atoms with Crippen LogP contribution in [0.1, 0.15) is 50.7 Å². The number of hydrogen-bond donors (Lipinski definition) is 0. The first-order chi connectivity index (χ1) is 37.4. The molecule has 4 aromatic heterocycles. The molecule has 15 aromatic rings. The van der Waals surface area contributed by atoms with E-state index in [1.54, 1.807) is 0 Å². The zero-order valence-corrected chi connectivity index (χ0v) is 43.0. The van der Waals surface area contributed by atoms with Crippen LogP contribution in [-0.2, 0) is 0 Å². The number of rotatable bonds is 10. The molecule has 0 saturated heterocycles. The second kappa shape index (κ2) is 17.1. The van der Waals surface area contributed by atoms with Crippen molar-refractivity contribution >= 4 is 110 Å². The van der Waals surface area contributed by atoms with E-state index in [2.05, 4.69) is 289 Å². The van der Waals surface area contributed by atoms with Crippen molar-refractivity contribution in [3.8, 4) is 22.3 Å². The molecule has 0 spiro atoms. The van der Waals surface area contributed by atoms with Gasteiger partial charge in [0.2, 0.25) is 0 Å². The summed E-state index contributed by atoms with van der Waals surface area (Å²) in [6, 6.07) is 90.2. The quantitative estimate of drug-likeness (QED) is 0.136. The minimum absolute atomic E-state index is 0.368. The van der Waals surface area contributed by atoms with Gasteiger partial charge in [-0.3, -0.25) is 0 Å². The average Bonchev–Trinajstić information content (AvgIpc) is 4.30. The molecule has 4 nitrogen and oxygen atoms in total. The lowest BCUT2D eigenvalue weighted by Gasteiger charge is -2.29. The van der Waals surface area contributed by atoms with Gasteiger partial charge in [0.25, 0.3) is 0 Å². The molecule has 15 rings (SSSR count). The van der Waals surface area contributed by atoms with Crippen LogP contribution < -0.4 is 9.80 Å². The summed E-state index contributed by atoms with van der Waals surface area (Å²) in [4.78, 5) is 5.00. The minimum atomic E-state index is 0.368. The molecular formula is C72H54N4. The highest BCUT2D eigenvalue weighted by atomic mass is 15.2. The Morgan fingerprint density at radius 2 is 0.632 bits per heavy atom. The molecule has 11 aromatic carbocycles. The van der Waals surface area contributed by atoms with Crippen LogP contribution in [0.2, 0.25) is 0 Å². The summed E-state index contributed by atoms with van der Waals surface area (Å²) in [6.45, 7) is 9.18. The van der Waals surface area contributed by atoms with Gasteiger partial charge < -0.3 is 18.6 Å². The number of anilines is 6. The number of aromatic nitrogens is 2. The maximum Gasteiger partial charge on any atom is 0.0641 e. The molecule has 0 aliphatic heterocycles. The molecule has 0 fully saturated rings. The standard InChI is InChI=1S/C72H54N4/c1-45(2)49-27-11-13-29-51(49)53-31-15-19-35-61(53)73(47-23-7-5-8-24-47)65-41-39-55-59-43-68-60(44-67(59)75-63-37-21-17-33-57(63)69(65)71(55)75)56-40-42-66(70-58-34-18-22-38-64(58)76(68)72(56)70)74(48-25-9-6-10-26-48)62-36-20-16-32-54(62)52-30-14-12-28-50(52)46(3)4/h5-46H,1-4H3. The van der Waals surface area contributed by atoms with Crippen LogP contribution in [0.15, 0.2) is 243 Å². The topological polar surface area (TPSA) is 15.3 Å². The van der Waals surface area contributed by atoms with Crippen molar-refractivity contribution in [1.29, 1.82) is 0 Å². The van der Waals surface area contributed by atoms with Crippen molar-refractivity contribution in [2.45, 2.75) is 39.5 Å². The molecule has 76 heavy (non-hydrogen) atoms. The van der Waals surface area contributed by atoms with Crippen molar-refractivity contribution in [2.24, 2.45) is 0 Å². The number of benzene rings is 11. The van der Waals surface area contributed by atoms with Crippen molar-refractivity contribution in [2.75, 3.05) is 9.80 Å². The first kappa shape index (κ1) is 44.1. The highest BCUT2D eigenvalue weighted by Gasteiger charge is 2.29. The number of nitrogens with zero attached hydrogens (tertiary/aromatic N) is 4. The van der Waals surface area contributed by atoms with Gasteiger partial charge in [-0.1, -0.05) is 198 Å². The van der Waals surface area contributed by atoms with Crippen LogP contribution >= 0.6 is 0 Å². The molecule has 0 atom stereocenters. The zero-order chi connectivity index (χ0) is 50.8. The van der Waals surface area contributed by atoms with E-state index in [4.69, 9.17) is 0 Å². The normalized spacial score (nSPS) is 12.2. The van der Waals surface area contributed by atoms with Crippen molar-refractivity contribution in [1.82, 2.24) is 8.80 Å². The highest BCUT2D eigenvalue weighted by Crippen LogP contribution is 2.53. The lowest BCUT2D eigenvalue weighted by atomic mass is 9.91. The number of para-hydroxylation sites is 6. The van der Waals surface area contributed by atoms with E-state index in [-0.39, 0.29) is 0 Å². The van der Waals surface area contributed by atoms with Gasteiger partial charge in [-0.15, -0.1) is 0 Å². The molecule has 0 amide bonds. The number of hydrogen-bond acceptors (Lipinski definition) is 2. The summed E-state index contributed by atoms with van der Waals surface area (Å²) in [5, 5.41) is 9.96. The van der Waals surface area contributed by atoms with Gasteiger partial charge in [-0.25, -0.2) is 0 Å². The van der Waals surface area contributed by atoms with Crippen LogP contribution in [0.3, 0.4) is 0 Å². The summed E-state index contributed by atoms with van der Waals surface area (Å²) in [5.74, 6) is 0.735. The molecular weight excluding hydrogens is 921 g/mol. The second-order valence-electron chi connectivity index (χ2n) is 21.2. The fourth-order valence-corrected chi connectivity index (χ4v) is 13.1. The summed E-state index contributed by atoms with van der Waals surface area (Å²) >= 11 is 0. The van der Waals surface area contributed by atoms with Crippen LogP contribution in [-0.4, -0.2) is 8.80 Å².